The van der Waals surface area contributed by atoms with Gasteiger partial charge in [-0.25, -0.2) is 13.8 Å². The van der Waals surface area contributed by atoms with Crippen molar-refractivity contribution in [1.82, 2.24) is 5.43 Å². The molecule has 210 valence electrons. The van der Waals surface area contributed by atoms with E-state index >= 15 is 0 Å². The van der Waals surface area contributed by atoms with Gasteiger partial charge in [-0.3, -0.25) is 13.9 Å². The molecule has 41 heavy (non-hydrogen) atoms. The fourth-order valence-corrected chi connectivity index (χ4v) is 5.60. The van der Waals surface area contributed by atoms with Crippen LogP contribution in [0, 0.1) is 13.8 Å². The maximum Gasteiger partial charge on any atom is 0.264 e. The fourth-order valence-electron chi connectivity index (χ4n) is 3.95. The van der Waals surface area contributed by atoms with Gasteiger partial charge in [0.05, 0.1) is 16.3 Å². The number of hydrazone groups is 1. The summed E-state index contributed by atoms with van der Waals surface area (Å²) in [5.41, 5.74) is 6.64. The van der Waals surface area contributed by atoms with E-state index in [1.807, 2.05) is 13.0 Å². The molecule has 0 radical (unpaired) electrons. The van der Waals surface area contributed by atoms with E-state index in [-0.39, 0.29) is 10.8 Å². The summed E-state index contributed by atoms with van der Waals surface area (Å²) in [5, 5.41) is 7.34. The number of benzene rings is 4. The summed E-state index contributed by atoms with van der Waals surface area (Å²) in [6, 6.07) is 27.1. The molecule has 0 bridgehead atoms. The fraction of sp³-hybridized carbons (Fsp3) is 0.129. The minimum absolute atomic E-state index is 0.0504. The van der Waals surface area contributed by atoms with Gasteiger partial charge in [-0.05, 0) is 80.4 Å². The van der Waals surface area contributed by atoms with E-state index in [4.69, 9.17) is 11.6 Å². The smallest absolute Gasteiger partial charge is 0.264 e. The van der Waals surface area contributed by atoms with E-state index in [9.17, 15) is 18.0 Å². The van der Waals surface area contributed by atoms with E-state index < -0.39 is 22.5 Å². The maximum absolute atomic E-state index is 13.6. The zero-order valence-electron chi connectivity index (χ0n) is 22.8. The second-order valence-corrected chi connectivity index (χ2v) is 11.7. The van der Waals surface area contributed by atoms with Crippen molar-refractivity contribution in [2.24, 2.45) is 5.10 Å². The summed E-state index contributed by atoms with van der Waals surface area (Å²) in [6.07, 6.45) is 0. The number of rotatable bonds is 9. The van der Waals surface area contributed by atoms with Gasteiger partial charge in [-0.1, -0.05) is 65.7 Å². The number of sulfonamides is 1. The largest absolute Gasteiger partial charge is 0.322 e. The highest BCUT2D eigenvalue weighted by molar-refractivity contribution is 7.92. The number of hydrogen-bond acceptors (Lipinski definition) is 5. The molecule has 0 aliphatic heterocycles. The molecule has 2 N–H and O–H groups in total. The molecule has 0 aromatic heterocycles. The lowest BCUT2D eigenvalue weighted by atomic mass is 10.1. The first-order chi connectivity index (χ1) is 19.5. The number of amides is 2. The monoisotopic (exact) mass is 588 g/mol. The standard InChI is InChI=1S/C31H29ClN4O4S/c1-21-9-17-28(18-10-21)41(39,40)36(29-19-26(32)14-11-22(29)2)20-30(37)35-34-23(3)24-12-15-27(16-13-24)33-31(38)25-7-5-4-6-8-25/h4-19H,20H2,1-3H3,(H,33,38)(H,35,37)/b34-23-. The van der Waals surface area contributed by atoms with Gasteiger partial charge in [0.2, 0.25) is 0 Å². The zero-order chi connectivity index (χ0) is 29.6. The molecule has 0 fully saturated rings. The average molecular weight is 589 g/mol. The lowest BCUT2D eigenvalue weighted by molar-refractivity contribution is -0.119. The van der Waals surface area contributed by atoms with Crippen molar-refractivity contribution in [2.75, 3.05) is 16.2 Å². The first-order valence-electron chi connectivity index (χ1n) is 12.7. The molecule has 0 heterocycles. The molecular formula is C31H29ClN4O4S. The summed E-state index contributed by atoms with van der Waals surface area (Å²) in [6.45, 7) is 4.80. The van der Waals surface area contributed by atoms with Crippen LogP contribution in [-0.4, -0.2) is 32.5 Å². The molecule has 0 atom stereocenters. The summed E-state index contributed by atoms with van der Waals surface area (Å²) in [5.74, 6) is -0.859. The van der Waals surface area contributed by atoms with Crippen molar-refractivity contribution in [2.45, 2.75) is 25.7 Å². The van der Waals surface area contributed by atoms with E-state index in [0.717, 1.165) is 9.87 Å². The van der Waals surface area contributed by atoms with Crippen LogP contribution < -0.4 is 15.0 Å². The van der Waals surface area contributed by atoms with Crippen molar-refractivity contribution in [3.8, 4) is 0 Å². The Bertz CT molecular complexity index is 1690. The Hall–Kier alpha value is -4.47. The van der Waals surface area contributed by atoms with Crippen molar-refractivity contribution < 1.29 is 18.0 Å². The van der Waals surface area contributed by atoms with E-state index in [2.05, 4.69) is 15.8 Å². The third-order valence-electron chi connectivity index (χ3n) is 6.28. The van der Waals surface area contributed by atoms with Gasteiger partial charge in [0.15, 0.2) is 0 Å². The molecule has 0 spiro atoms. The second-order valence-electron chi connectivity index (χ2n) is 9.39. The van der Waals surface area contributed by atoms with E-state index in [1.54, 1.807) is 86.6 Å². The van der Waals surface area contributed by atoms with Gasteiger partial charge in [-0.2, -0.15) is 5.10 Å². The Morgan fingerprint density at radius 1 is 0.854 bits per heavy atom. The summed E-state index contributed by atoms with van der Waals surface area (Å²) in [7, 11) is -4.10. The molecular weight excluding hydrogens is 560 g/mol. The number of carbonyl (C=O) groups is 2. The molecule has 4 aromatic carbocycles. The number of hydrogen-bond donors (Lipinski definition) is 2. The van der Waals surface area contributed by atoms with Crippen molar-refractivity contribution >= 4 is 50.5 Å². The number of carbonyl (C=O) groups excluding carboxylic acids is 2. The summed E-state index contributed by atoms with van der Waals surface area (Å²) < 4.78 is 28.3. The van der Waals surface area contributed by atoms with Crippen LogP contribution in [0.2, 0.25) is 5.02 Å². The highest BCUT2D eigenvalue weighted by atomic mass is 35.5. The van der Waals surface area contributed by atoms with Crippen LogP contribution in [0.1, 0.15) is 34.0 Å². The van der Waals surface area contributed by atoms with Crippen molar-refractivity contribution in [3.05, 3.63) is 124 Å². The van der Waals surface area contributed by atoms with Gasteiger partial charge in [0.25, 0.3) is 21.8 Å². The summed E-state index contributed by atoms with van der Waals surface area (Å²) in [4.78, 5) is 25.4. The molecule has 0 aliphatic rings. The van der Waals surface area contributed by atoms with Crippen LogP contribution in [0.5, 0.6) is 0 Å². The predicted molar refractivity (Wildman–Crippen MR) is 163 cm³/mol. The molecule has 4 rings (SSSR count). The van der Waals surface area contributed by atoms with Gasteiger partial charge in [0, 0.05) is 16.3 Å². The van der Waals surface area contributed by atoms with Crippen LogP contribution >= 0.6 is 11.6 Å². The molecule has 4 aromatic rings. The number of halogens is 1. The van der Waals surface area contributed by atoms with Crippen LogP contribution in [0.15, 0.2) is 107 Å². The van der Waals surface area contributed by atoms with Gasteiger partial charge in [-0.15, -0.1) is 0 Å². The van der Waals surface area contributed by atoms with Crippen LogP contribution in [-0.2, 0) is 14.8 Å². The minimum Gasteiger partial charge on any atom is -0.322 e. The van der Waals surface area contributed by atoms with Crippen molar-refractivity contribution in [1.29, 1.82) is 0 Å². The Morgan fingerprint density at radius 2 is 1.51 bits per heavy atom. The maximum atomic E-state index is 13.6. The average Bonchev–Trinajstić information content (AvgIpc) is 2.97. The summed E-state index contributed by atoms with van der Waals surface area (Å²) >= 11 is 6.19. The minimum atomic E-state index is -4.10. The molecule has 0 saturated carbocycles. The predicted octanol–water partition coefficient (Wildman–Crippen LogP) is 5.94. The SMILES string of the molecule is C/C(=N/NC(=O)CN(c1cc(Cl)ccc1C)S(=O)(=O)c1ccc(C)cc1)c1ccc(NC(=O)c2ccccc2)cc1. The lowest BCUT2D eigenvalue weighted by Gasteiger charge is -2.25. The topological polar surface area (TPSA) is 108 Å². The number of anilines is 2. The molecule has 10 heteroatoms. The Kier molecular flexibility index (Phi) is 9.21. The third kappa shape index (κ3) is 7.39. The molecule has 0 aliphatic carbocycles. The molecule has 8 nitrogen and oxygen atoms in total. The Balaban J connectivity index is 1.49. The van der Waals surface area contributed by atoms with Crippen LogP contribution in [0.3, 0.4) is 0 Å². The quantitative estimate of drug-likeness (QED) is 0.186. The Labute approximate surface area is 244 Å². The third-order valence-corrected chi connectivity index (χ3v) is 8.29. The van der Waals surface area contributed by atoms with Gasteiger partial charge >= 0.3 is 0 Å². The first-order valence-corrected chi connectivity index (χ1v) is 14.5. The van der Waals surface area contributed by atoms with Gasteiger partial charge in [0.1, 0.15) is 6.54 Å². The van der Waals surface area contributed by atoms with Gasteiger partial charge < -0.3 is 5.32 Å². The number of nitrogens with zero attached hydrogens (tertiary/aromatic N) is 2. The normalized spacial score (nSPS) is 11.6. The molecule has 2 amide bonds. The first kappa shape index (κ1) is 29.5. The van der Waals surface area contributed by atoms with Crippen LogP contribution in [0.4, 0.5) is 11.4 Å². The lowest BCUT2D eigenvalue weighted by Crippen LogP contribution is -2.40. The van der Waals surface area contributed by atoms with E-state index in [0.29, 0.717) is 38.8 Å². The molecule has 0 saturated heterocycles. The number of aryl methyl sites for hydroxylation is 2. The number of nitrogens with one attached hydrogen (secondary N) is 2. The molecule has 0 unspecified atom stereocenters. The van der Waals surface area contributed by atoms with Crippen LogP contribution in [0.25, 0.3) is 0 Å². The zero-order valence-corrected chi connectivity index (χ0v) is 24.3. The Morgan fingerprint density at radius 3 is 2.17 bits per heavy atom. The highest BCUT2D eigenvalue weighted by Gasteiger charge is 2.28. The van der Waals surface area contributed by atoms with E-state index in [1.165, 1.54) is 18.2 Å². The second kappa shape index (κ2) is 12.8. The highest BCUT2D eigenvalue weighted by Crippen LogP contribution is 2.29. The van der Waals surface area contributed by atoms with Crippen molar-refractivity contribution in [3.63, 3.8) is 0 Å².